The number of esters is 1. The third-order valence-electron chi connectivity index (χ3n) is 6.19. The Morgan fingerprint density at radius 3 is 2.42 bits per heavy atom. The zero-order valence-electron chi connectivity index (χ0n) is 19.7. The molecule has 2 fully saturated rings. The van der Waals surface area contributed by atoms with Crippen LogP contribution in [0.15, 0.2) is 48.8 Å². The van der Waals surface area contributed by atoms with Gasteiger partial charge in [0.25, 0.3) is 0 Å². The summed E-state index contributed by atoms with van der Waals surface area (Å²) in [6.45, 7) is 8.82. The van der Waals surface area contributed by atoms with Crippen LogP contribution in [-0.2, 0) is 20.9 Å². The van der Waals surface area contributed by atoms with Crippen molar-refractivity contribution in [3.05, 3.63) is 59.9 Å². The summed E-state index contributed by atoms with van der Waals surface area (Å²) in [7, 11) is 0. The summed E-state index contributed by atoms with van der Waals surface area (Å²) in [5, 5.41) is 0. The number of ether oxygens (including phenoxy) is 2. The van der Waals surface area contributed by atoms with Crippen molar-refractivity contribution < 1.29 is 19.1 Å². The molecule has 0 bridgehead atoms. The van der Waals surface area contributed by atoms with Crippen LogP contribution in [0.4, 0.5) is 10.5 Å². The number of hydrogen-bond acceptors (Lipinski definition) is 6. The third kappa shape index (κ3) is 5.83. The molecule has 7 nitrogen and oxygen atoms in total. The summed E-state index contributed by atoms with van der Waals surface area (Å²) in [5.41, 5.74) is 2.82. The first-order chi connectivity index (χ1) is 15.8. The molecule has 0 spiro atoms. The lowest BCUT2D eigenvalue weighted by atomic mass is 9.90. The highest BCUT2D eigenvalue weighted by Gasteiger charge is 2.37. The minimum Gasteiger partial charge on any atom is -0.461 e. The van der Waals surface area contributed by atoms with Gasteiger partial charge in [0.15, 0.2) is 0 Å². The van der Waals surface area contributed by atoms with E-state index >= 15 is 0 Å². The number of hydrogen-bond donors (Lipinski definition) is 0. The lowest BCUT2D eigenvalue weighted by molar-refractivity contribution is -0.150. The fourth-order valence-electron chi connectivity index (χ4n) is 4.36. The maximum atomic E-state index is 12.5. The predicted octanol–water partition coefficient (Wildman–Crippen LogP) is 4.38. The van der Waals surface area contributed by atoms with Gasteiger partial charge in [-0.2, -0.15) is 0 Å². The minimum absolute atomic E-state index is 0.0680. The van der Waals surface area contributed by atoms with E-state index in [0.29, 0.717) is 19.7 Å². The van der Waals surface area contributed by atoms with Gasteiger partial charge in [0, 0.05) is 55.7 Å². The van der Waals surface area contributed by atoms with E-state index in [1.54, 1.807) is 4.90 Å². The molecule has 176 valence electrons. The van der Waals surface area contributed by atoms with E-state index in [1.165, 1.54) is 0 Å². The van der Waals surface area contributed by atoms with Gasteiger partial charge in [-0.05, 0) is 45.2 Å². The molecule has 2 aromatic rings. The molecule has 2 aliphatic rings. The summed E-state index contributed by atoms with van der Waals surface area (Å²) in [4.78, 5) is 33.2. The highest BCUT2D eigenvalue weighted by atomic mass is 16.6. The normalized spacial score (nSPS) is 17.4. The lowest BCUT2D eigenvalue weighted by Gasteiger charge is -2.42. The van der Waals surface area contributed by atoms with Crippen LogP contribution in [0, 0.1) is 5.92 Å². The molecule has 2 aliphatic heterocycles. The van der Waals surface area contributed by atoms with Crippen LogP contribution in [-0.4, -0.2) is 53.7 Å². The Labute approximate surface area is 195 Å². The Kier molecular flexibility index (Phi) is 6.86. The van der Waals surface area contributed by atoms with Gasteiger partial charge in [-0.25, -0.2) is 4.79 Å². The highest BCUT2D eigenvalue weighted by molar-refractivity contribution is 5.73. The number of amides is 1. The fraction of sp³-hybridized carbons (Fsp3) is 0.500. The number of likely N-dealkylation sites (tertiary alicyclic amines) is 1. The molecule has 4 rings (SSSR count). The van der Waals surface area contributed by atoms with Crippen molar-refractivity contribution in [2.45, 2.75) is 51.7 Å². The van der Waals surface area contributed by atoms with Gasteiger partial charge in [0.05, 0.1) is 5.92 Å². The number of carbonyl (C=O) groups is 2. The Balaban J connectivity index is 1.30. The van der Waals surface area contributed by atoms with E-state index in [0.717, 1.165) is 42.7 Å². The second kappa shape index (κ2) is 9.81. The summed E-state index contributed by atoms with van der Waals surface area (Å²) < 4.78 is 11.0. The zero-order valence-corrected chi connectivity index (χ0v) is 19.7. The number of nitrogens with zero attached hydrogens (tertiary/aromatic N) is 3. The number of piperidine rings is 1. The summed E-state index contributed by atoms with van der Waals surface area (Å²) in [6.07, 6.45) is 4.99. The van der Waals surface area contributed by atoms with Crippen molar-refractivity contribution in [2.75, 3.05) is 31.1 Å². The maximum absolute atomic E-state index is 12.5. The third-order valence-corrected chi connectivity index (χ3v) is 6.19. The molecule has 3 heterocycles. The van der Waals surface area contributed by atoms with E-state index in [4.69, 9.17) is 9.47 Å². The van der Waals surface area contributed by atoms with Crippen LogP contribution in [0.5, 0.6) is 0 Å². The molecule has 1 aromatic carbocycles. The molecule has 0 atom stereocenters. The van der Waals surface area contributed by atoms with Crippen molar-refractivity contribution in [2.24, 2.45) is 5.92 Å². The van der Waals surface area contributed by atoms with Crippen molar-refractivity contribution in [1.82, 2.24) is 9.88 Å². The van der Waals surface area contributed by atoms with Crippen molar-refractivity contribution >= 4 is 17.7 Å². The number of aromatic nitrogens is 1. The molecule has 0 N–H and O–H groups in total. The molecule has 0 unspecified atom stereocenters. The molecule has 33 heavy (non-hydrogen) atoms. The SMILES string of the molecule is CC(C)(C)OC(=O)N1CC(c2cnccc2N2CCC(C(=O)OCc3ccccc3)CC2)C1. The average Bonchev–Trinajstić information content (AvgIpc) is 2.76. The van der Waals surface area contributed by atoms with Crippen LogP contribution in [0.25, 0.3) is 0 Å². The highest BCUT2D eigenvalue weighted by Crippen LogP contribution is 2.36. The number of rotatable bonds is 5. The number of benzene rings is 1. The summed E-state index contributed by atoms with van der Waals surface area (Å²) in [6, 6.07) is 11.8. The Morgan fingerprint density at radius 2 is 1.76 bits per heavy atom. The largest absolute Gasteiger partial charge is 0.461 e. The molecular weight excluding hydrogens is 418 g/mol. The summed E-state index contributed by atoms with van der Waals surface area (Å²) >= 11 is 0. The molecular formula is C26H33N3O4. The quantitative estimate of drug-likeness (QED) is 0.629. The van der Waals surface area contributed by atoms with Crippen molar-refractivity contribution in [3.63, 3.8) is 0 Å². The summed E-state index contributed by atoms with van der Waals surface area (Å²) in [5.74, 6) is 0.0665. The first-order valence-electron chi connectivity index (χ1n) is 11.7. The van der Waals surface area contributed by atoms with Crippen LogP contribution in [0.1, 0.15) is 50.7 Å². The number of carbonyl (C=O) groups excluding carboxylic acids is 2. The molecule has 7 heteroatoms. The Morgan fingerprint density at radius 1 is 1.06 bits per heavy atom. The fourth-order valence-corrected chi connectivity index (χ4v) is 4.36. The van der Waals surface area contributed by atoms with E-state index in [9.17, 15) is 9.59 Å². The molecule has 1 amide bonds. The van der Waals surface area contributed by atoms with E-state index in [-0.39, 0.29) is 23.9 Å². The molecule has 0 aliphatic carbocycles. The molecule has 0 saturated carbocycles. The smallest absolute Gasteiger partial charge is 0.410 e. The van der Waals surface area contributed by atoms with Crippen molar-refractivity contribution in [1.29, 1.82) is 0 Å². The minimum atomic E-state index is -0.492. The first-order valence-corrected chi connectivity index (χ1v) is 11.7. The number of pyridine rings is 1. The van der Waals surface area contributed by atoms with Gasteiger partial charge in [-0.1, -0.05) is 30.3 Å². The monoisotopic (exact) mass is 451 g/mol. The molecule has 1 aromatic heterocycles. The van der Waals surface area contributed by atoms with E-state index in [1.807, 2.05) is 69.6 Å². The number of anilines is 1. The Hall–Kier alpha value is -3.09. The van der Waals surface area contributed by atoms with Crippen LogP contribution in [0.3, 0.4) is 0 Å². The van der Waals surface area contributed by atoms with Crippen LogP contribution in [0.2, 0.25) is 0 Å². The maximum Gasteiger partial charge on any atom is 0.410 e. The van der Waals surface area contributed by atoms with Gasteiger partial charge < -0.3 is 19.3 Å². The zero-order chi connectivity index (χ0) is 23.4. The van der Waals surface area contributed by atoms with E-state index < -0.39 is 5.60 Å². The topological polar surface area (TPSA) is 72.0 Å². The standard InChI is InChI=1S/C26H33N3O4/c1-26(2,3)33-25(31)29-16-21(17-29)22-15-27-12-9-23(22)28-13-10-20(11-14-28)24(30)32-18-19-7-5-4-6-8-19/h4-9,12,15,20-21H,10-11,13-14,16-18H2,1-3H3. The van der Waals surface area contributed by atoms with E-state index in [2.05, 4.69) is 9.88 Å². The average molecular weight is 452 g/mol. The molecule has 2 saturated heterocycles. The second-order valence-electron chi connectivity index (χ2n) is 9.87. The first kappa shape index (κ1) is 23.1. The van der Waals surface area contributed by atoms with Crippen LogP contribution < -0.4 is 4.90 Å². The van der Waals surface area contributed by atoms with Crippen LogP contribution >= 0.6 is 0 Å². The van der Waals surface area contributed by atoms with Gasteiger partial charge in [0.1, 0.15) is 12.2 Å². The van der Waals surface area contributed by atoms with Gasteiger partial charge in [0.2, 0.25) is 0 Å². The van der Waals surface area contributed by atoms with Gasteiger partial charge in [-0.15, -0.1) is 0 Å². The second-order valence-corrected chi connectivity index (χ2v) is 9.87. The van der Waals surface area contributed by atoms with Gasteiger partial charge in [-0.3, -0.25) is 9.78 Å². The Bertz CT molecular complexity index is 959. The van der Waals surface area contributed by atoms with Crippen molar-refractivity contribution in [3.8, 4) is 0 Å². The van der Waals surface area contributed by atoms with Gasteiger partial charge >= 0.3 is 12.1 Å². The molecule has 0 radical (unpaired) electrons. The predicted molar refractivity (Wildman–Crippen MR) is 126 cm³/mol. The lowest BCUT2D eigenvalue weighted by Crippen LogP contribution is -2.50.